The van der Waals surface area contributed by atoms with E-state index in [1.54, 1.807) is 0 Å². The third-order valence-corrected chi connectivity index (χ3v) is 6.11. The van der Waals surface area contributed by atoms with Crippen LogP contribution in [0.3, 0.4) is 0 Å². The molecule has 1 saturated heterocycles. The molecule has 0 aliphatic carbocycles. The number of ketones is 1. The number of Topliss-reactive ketones (excluding diaryl/α,β-unsaturated/α-hetero) is 1. The van der Waals surface area contributed by atoms with Crippen LogP contribution >= 0.6 is 7.82 Å². The Hall–Kier alpha value is -0.830. The Morgan fingerprint density at radius 1 is 1.03 bits per heavy atom. The molecule has 0 aromatic heterocycles. The van der Waals surface area contributed by atoms with Gasteiger partial charge in [-0.05, 0) is 18.8 Å². The predicted octanol–water partition coefficient (Wildman–Crippen LogP) is 2.89. The second-order valence-electron chi connectivity index (χ2n) is 7.82. The lowest BCUT2D eigenvalue weighted by atomic mass is 9.97. The van der Waals surface area contributed by atoms with Gasteiger partial charge in [0.25, 0.3) is 0 Å². The first-order chi connectivity index (χ1) is 14.3. The number of esters is 1. The summed E-state index contributed by atoms with van der Waals surface area (Å²) in [7, 11) is -4.68. The average molecular weight is 452 g/mol. The first kappa shape index (κ1) is 27.2. The summed E-state index contributed by atoms with van der Waals surface area (Å²) in [5.41, 5.74) is 0. The molecule has 10 heteroatoms. The number of unbranched alkanes of at least 4 members (excludes halogenated alkanes) is 6. The van der Waals surface area contributed by atoms with Gasteiger partial charge in [0, 0.05) is 0 Å². The monoisotopic (exact) mass is 452 g/mol. The van der Waals surface area contributed by atoms with Gasteiger partial charge in [-0.25, -0.2) is 9.36 Å². The van der Waals surface area contributed by atoms with E-state index < -0.39 is 44.5 Å². The van der Waals surface area contributed by atoms with E-state index in [0.717, 1.165) is 32.1 Å². The minimum absolute atomic E-state index is 0.0178. The van der Waals surface area contributed by atoms with Crippen LogP contribution in [0.5, 0.6) is 0 Å². The van der Waals surface area contributed by atoms with Crippen molar-refractivity contribution < 1.29 is 43.0 Å². The summed E-state index contributed by atoms with van der Waals surface area (Å²) in [6, 6.07) is 0. The topological polar surface area (TPSA) is 140 Å². The summed E-state index contributed by atoms with van der Waals surface area (Å²) >= 11 is 0. The lowest BCUT2D eigenvalue weighted by molar-refractivity contribution is -0.151. The zero-order chi connectivity index (χ0) is 22.6. The molecule has 1 rings (SSSR count). The number of aliphatic hydroxyl groups is 2. The maximum atomic E-state index is 12.2. The molecular weight excluding hydrogens is 415 g/mol. The highest BCUT2D eigenvalue weighted by Gasteiger charge is 2.50. The summed E-state index contributed by atoms with van der Waals surface area (Å²) in [5, 5.41) is 18.4. The SMILES string of the molecule is CCCCCCCCCC(CCC)COP(=O)(O)OC1C(=O)O[C@H](C(O)CO)C1=O. The van der Waals surface area contributed by atoms with Crippen LogP contribution in [0.25, 0.3) is 0 Å². The van der Waals surface area contributed by atoms with Gasteiger partial charge < -0.3 is 19.8 Å². The Balaban J connectivity index is 2.45. The molecule has 1 aliphatic heterocycles. The van der Waals surface area contributed by atoms with E-state index in [1.807, 2.05) is 6.92 Å². The largest absolute Gasteiger partial charge is 0.473 e. The fraction of sp³-hybridized carbons (Fsp3) is 0.900. The van der Waals surface area contributed by atoms with Crippen molar-refractivity contribution in [1.29, 1.82) is 0 Å². The van der Waals surface area contributed by atoms with E-state index in [0.29, 0.717) is 0 Å². The van der Waals surface area contributed by atoms with Gasteiger partial charge in [-0.3, -0.25) is 13.8 Å². The van der Waals surface area contributed by atoms with Gasteiger partial charge in [0.2, 0.25) is 11.9 Å². The third kappa shape index (κ3) is 9.54. The van der Waals surface area contributed by atoms with Gasteiger partial charge in [0.05, 0.1) is 13.2 Å². The van der Waals surface area contributed by atoms with Crippen molar-refractivity contribution in [2.45, 2.75) is 96.4 Å². The van der Waals surface area contributed by atoms with Crippen molar-refractivity contribution in [2.24, 2.45) is 5.92 Å². The van der Waals surface area contributed by atoms with Gasteiger partial charge in [-0.1, -0.05) is 65.2 Å². The molecule has 1 aliphatic rings. The molecule has 0 aromatic rings. The van der Waals surface area contributed by atoms with E-state index >= 15 is 0 Å². The Labute approximate surface area is 178 Å². The first-order valence-corrected chi connectivity index (χ1v) is 12.4. The Morgan fingerprint density at radius 3 is 2.27 bits per heavy atom. The summed E-state index contributed by atoms with van der Waals surface area (Å²) in [6.45, 7) is 3.38. The summed E-state index contributed by atoms with van der Waals surface area (Å²) < 4.78 is 26.7. The fourth-order valence-electron chi connectivity index (χ4n) is 3.44. The van der Waals surface area contributed by atoms with Crippen molar-refractivity contribution in [3.05, 3.63) is 0 Å². The molecule has 0 radical (unpaired) electrons. The van der Waals surface area contributed by atoms with Crippen LogP contribution in [0.15, 0.2) is 0 Å². The van der Waals surface area contributed by atoms with Gasteiger partial charge in [0.15, 0.2) is 6.10 Å². The van der Waals surface area contributed by atoms with Crippen LogP contribution in [0.2, 0.25) is 0 Å². The normalized spacial score (nSPS) is 23.2. The van der Waals surface area contributed by atoms with Crippen molar-refractivity contribution in [1.82, 2.24) is 0 Å². The summed E-state index contributed by atoms with van der Waals surface area (Å²) in [4.78, 5) is 33.8. The zero-order valence-corrected chi connectivity index (χ0v) is 18.9. The number of carbonyl (C=O) groups is 2. The van der Waals surface area contributed by atoms with E-state index in [-0.39, 0.29) is 12.5 Å². The number of phosphoric acid groups is 1. The molecule has 0 amide bonds. The molecule has 3 N–H and O–H groups in total. The highest BCUT2D eigenvalue weighted by atomic mass is 31.2. The summed E-state index contributed by atoms with van der Waals surface area (Å²) in [5.74, 6) is -2.14. The lowest BCUT2D eigenvalue weighted by Gasteiger charge is -2.19. The number of hydrogen-bond donors (Lipinski definition) is 3. The van der Waals surface area contributed by atoms with Crippen LogP contribution in [0, 0.1) is 5.92 Å². The molecule has 176 valence electrons. The molecule has 0 bridgehead atoms. The molecule has 5 atom stereocenters. The maximum absolute atomic E-state index is 12.2. The van der Waals surface area contributed by atoms with Crippen molar-refractivity contribution in [2.75, 3.05) is 13.2 Å². The standard InChI is InChI=1S/C20H37O9P/c1-3-5-6-7-8-9-10-12-15(11-4-2)14-27-30(25,26)29-19-17(23)18(16(22)13-21)28-20(19)24/h15-16,18-19,21-22H,3-14H2,1-2H3,(H,25,26)/t15?,16?,18-,19?/m1/s1. The van der Waals surface area contributed by atoms with Crippen LogP contribution in [0.1, 0.15) is 78.1 Å². The second-order valence-corrected chi connectivity index (χ2v) is 9.23. The van der Waals surface area contributed by atoms with Crippen molar-refractivity contribution >= 4 is 19.6 Å². The minimum Gasteiger partial charge on any atom is -0.449 e. The molecule has 1 heterocycles. The number of rotatable bonds is 17. The molecule has 9 nitrogen and oxygen atoms in total. The van der Waals surface area contributed by atoms with E-state index in [2.05, 4.69) is 11.7 Å². The van der Waals surface area contributed by atoms with Crippen molar-refractivity contribution in [3.8, 4) is 0 Å². The molecular formula is C20H37O9P. The lowest BCUT2D eigenvalue weighted by Crippen LogP contribution is -2.37. The fourth-order valence-corrected chi connectivity index (χ4v) is 4.36. The molecule has 30 heavy (non-hydrogen) atoms. The van der Waals surface area contributed by atoms with Gasteiger partial charge in [-0.15, -0.1) is 0 Å². The highest BCUT2D eigenvalue weighted by Crippen LogP contribution is 2.46. The molecule has 1 fully saturated rings. The van der Waals surface area contributed by atoms with Gasteiger partial charge in [-0.2, -0.15) is 0 Å². The van der Waals surface area contributed by atoms with Crippen LogP contribution < -0.4 is 0 Å². The van der Waals surface area contributed by atoms with Crippen LogP contribution in [0.4, 0.5) is 0 Å². The highest BCUT2D eigenvalue weighted by molar-refractivity contribution is 7.47. The number of cyclic esters (lactones) is 1. The predicted molar refractivity (Wildman–Crippen MR) is 110 cm³/mol. The molecule has 0 spiro atoms. The van der Waals surface area contributed by atoms with Crippen LogP contribution in [-0.4, -0.2) is 58.4 Å². The van der Waals surface area contributed by atoms with E-state index in [4.69, 9.17) is 14.2 Å². The zero-order valence-electron chi connectivity index (χ0n) is 18.0. The Morgan fingerprint density at radius 2 is 1.67 bits per heavy atom. The molecule has 0 saturated carbocycles. The number of ether oxygens (including phenoxy) is 1. The van der Waals surface area contributed by atoms with Gasteiger partial charge in [0.1, 0.15) is 6.10 Å². The quantitative estimate of drug-likeness (QED) is 0.131. The van der Waals surface area contributed by atoms with Crippen LogP contribution in [-0.2, 0) is 27.9 Å². The number of hydrogen-bond acceptors (Lipinski definition) is 8. The smallest absolute Gasteiger partial charge is 0.449 e. The maximum Gasteiger partial charge on any atom is 0.473 e. The third-order valence-electron chi connectivity index (χ3n) is 5.16. The molecule has 0 aromatic carbocycles. The second kappa shape index (κ2) is 14.3. The Bertz CT molecular complexity index is 568. The average Bonchev–Trinajstić information content (AvgIpc) is 2.98. The number of aliphatic hydroxyl groups excluding tert-OH is 2. The number of carbonyl (C=O) groups excluding carboxylic acids is 2. The first-order valence-electron chi connectivity index (χ1n) is 10.9. The van der Waals surface area contributed by atoms with E-state index in [9.17, 15) is 24.2 Å². The minimum atomic E-state index is -4.68. The van der Waals surface area contributed by atoms with Gasteiger partial charge >= 0.3 is 13.8 Å². The summed E-state index contributed by atoms with van der Waals surface area (Å²) in [6.07, 6.45) is 5.61. The van der Waals surface area contributed by atoms with Crippen molar-refractivity contribution in [3.63, 3.8) is 0 Å². The molecule has 4 unspecified atom stereocenters. The Kier molecular flexibility index (Phi) is 12.9. The number of phosphoric ester groups is 1. The van der Waals surface area contributed by atoms with E-state index in [1.165, 1.54) is 32.1 Å².